The Morgan fingerprint density at radius 2 is 2.20 bits per heavy atom. The molecule has 0 radical (unpaired) electrons. The van der Waals surface area contributed by atoms with Gasteiger partial charge in [0.1, 0.15) is 5.76 Å². The van der Waals surface area contributed by atoms with Gasteiger partial charge in [-0.25, -0.2) is 0 Å². The Morgan fingerprint density at radius 1 is 1.40 bits per heavy atom. The average molecular weight is 279 g/mol. The first-order chi connectivity index (χ1) is 9.50. The maximum Gasteiger partial charge on any atom is 0.123 e. The van der Waals surface area contributed by atoms with Gasteiger partial charge < -0.3 is 14.5 Å². The Hall–Kier alpha value is -0.800. The summed E-state index contributed by atoms with van der Waals surface area (Å²) in [4.78, 5) is 0. The Bertz CT molecular complexity index is 411. The molecule has 114 valence electrons. The van der Waals surface area contributed by atoms with E-state index in [0.29, 0.717) is 18.1 Å². The van der Waals surface area contributed by atoms with Crippen LogP contribution in [0.25, 0.3) is 0 Å². The summed E-state index contributed by atoms with van der Waals surface area (Å²) in [5.74, 6) is 1.77. The molecule has 0 saturated heterocycles. The number of rotatable bonds is 6. The van der Waals surface area contributed by atoms with Crippen LogP contribution in [0, 0.1) is 11.3 Å². The molecule has 2 rings (SSSR count). The summed E-state index contributed by atoms with van der Waals surface area (Å²) >= 11 is 0. The minimum absolute atomic E-state index is 0.385. The normalized spacial score (nSPS) is 25.8. The zero-order valence-corrected chi connectivity index (χ0v) is 13.4. The maximum atomic E-state index is 6.17. The molecule has 0 bridgehead atoms. The molecule has 0 aliphatic heterocycles. The topological polar surface area (TPSA) is 34.4 Å². The van der Waals surface area contributed by atoms with Crippen LogP contribution in [0.4, 0.5) is 0 Å². The fourth-order valence-corrected chi connectivity index (χ4v) is 3.48. The van der Waals surface area contributed by atoms with Crippen LogP contribution in [-0.4, -0.2) is 12.6 Å². The van der Waals surface area contributed by atoms with Crippen molar-refractivity contribution in [3.8, 4) is 0 Å². The minimum Gasteiger partial charge on any atom is -0.468 e. The van der Waals surface area contributed by atoms with Crippen LogP contribution in [-0.2, 0) is 17.9 Å². The van der Waals surface area contributed by atoms with Crippen LogP contribution in [0.2, 0.25) is 0 Å². The van der Waals surface area contributed by atoms with Gasteiger partial charge in [0.2, 0.25) is 0 Å². The van der Waals surface area contributed by atoms with Crippen LogP contribution in [0.3, 0.4) is 0 Å². The molecule has 3 heteroatoms. The molecule has 1 aliphatic rings. The lowest BCUT2D eigenvalue weighted by Crippen LogP contribution is -2.32. The monoisotopic (exact) mass is 279 g/mol. The molecule has 0 aromatic carbocycles. The maximum absolute atomic E-state index is 6.17. The van der Waals surface area contributed by atoms with E-state index in [-0.39, 0.29) is 0 Å². The molecule has 1 fully saturated rings. The molecule has 2 atom stereocenters. The Balaban J connectivity index is 1.87. The van der Waals surface area contributed by atoms with E-state index in [2.05, 4.69) is 33.0 Å². The van der Waals surface area contributed by atoms with Gasteiger partial charge in [0, 0.05) is 5.56 Å². The lowest BCUT2D eigenvalue weighted by atomic mass is 9.71. The van der Waals surface area contributed by atoms with E-state index in [4.69, 9.17) is 9.15 Å². The average Bonchev–Trinajstić information content (AvgIpc) is 2.79. The minimum atomic E-state index is 0.385. The first-order valence-electron chi connectivity index (χ1n) is 7.87. The molecule has 1 N–H and O–H groups in total. The molecule has 1 aromatic heterocycles. The van der Waals surface area contributed by atoms with E-state index in [9.17, 15) is 0 Å². The molecule has 1 saturated carbocycles. The summed E-state index contributed by atoms with van der Waals surface area (Å²) < 4.78 is 11.7. The van der Waals surface area contributed by atoms with E-state index in [0.717, 1.165) is 31.2 Å². The van der Waals surface area contributed by atoms with Gasteiger partial charge in [0.25, 0.3) is 0 Å². The van der Waals surface area contributed by atoms with Crippen LogP contribution in [0.15, 0.2) is 16.7 Å². The van der Waals surface area contributed by atoms with Crippen molar-refractivity contribution < 1.29 is 9.15 Å². The molecule has 2 unspecified atom stereocenters. The van der Waals surface area contributed by atoms with Gasteiger partial charge in [-0.15, -0.1) is 0 Å². The third-order valence-corrected chi connectivity index (χ3v) is 4.19. The third kappa shape index (κ3) is 4.35. The van der Waals surface area contributed by atoms with Crippen molar-refractivity contribution in [2.75, 3.05) is 6.54 Å². The lowest BCUT2D eigenvalue weighted by Gasteiger charge is -2.38. The second-order valence-corrected chi connectivity index (χ2v) is 7.00. The summed E-state index contributed by atoms with van der Waals surface area (Å²) in [5, 5.41) is 3.30. The second-order valence-electron chi connectivity index (χ2n) is 7.00. The predicted octanol–water partition coefficient (Wildman–Crippen LogP) is 4.12. The second kappa shape index (κ2) is 6.77. The largest absolute Gasteiger partial charge is 0.468 e. The van der Waals surface area contributed by atoms with Crippen molar-refractivity contribution in [3.05, 3.63) is 23.7 Å². The summed E-state index contributed by atoms with van der Waals surface area (Å²) in [7, 11) is 0. The summed E-state index contributed by atoms with van der Waals surface area (Å²) in [6, 6.07) is 2.03. The van der Waals surface area contributed by atoms with Crippen LogP contribution in [0.1, 0.15) is 58.3 Å². The van der Waals surface area contributed by atoms with E-state index in [1.54, 1.807) is 6.26 Å². The Morgan fingerprint density at radius 3 is 2.90 bits per heavy atom. The molecular weight excluding hydrogens is 250 g/mol. The highest BCUT2D eigenvalue weighted by molar-refractivity contribution is 5.15. The molecule has 3 nitrogen and oxygen atoms in total. The van der Waals surface area contributed by atoms with Crippen LogP contribution in [0.5, 0.6) is 0 Å². The molecule has 1 aliphatic carbocycles. The summed E-state index contributed by atoms with van der Waals surface area (Å²) in [6.45, 7) is 11.6. The van der Waals surface area contributed by atoms with E-state index in [1.165, 1.54) is 18.4 Å². The van der Waals surface area contributed by atoms with Crippen molar-refractivity contribution in [1.82, 2.24) is 5.32 Å². The Kier molecular flexibility index (Phi) is 5.28. The van der Waals surface area contributed by atoms with Gasteiger partial charge in [-0.1, -0.05) is 27.7 Å². The van der Waals surface area contributed by atoms with Crippen LogP contribution < -0.4 is 5.32 Å². The lowest BCUT2D eigenvalue weighted by molar-refractivity contribution is -0.0320. The SMILES string of the molecule is CCNCc1occc1COC1CC(C)CC(C)(C)C1. The zero-order chi connectivity index (χ0) is 14.6. The van der Waals surface area contributed by atoms with Gasteiger partial charge in [-0.05, 0) is 43.2 Å². The van der Waals surface area contributed by atoms with Gasteiger partial charge in [-0.3, -0.25) is 0 Å². The molecule has 0 amide bonds. The number of ether oxygens (including phenoxy) is 1. The molecular formula is C17H29NO2. The van der Waals surface area contributed by atoms with Crippen LogP contribution >= 0.6 is 0 Å². The third-order valence-electron chi connectivity index (χ3n) is 4.19. The first-order valence-corrected chi connectivity index (χ1v) is 7.87. The highest BCUT2D eigenvalue weighted by Gasteiger charge is 2.32. The van der Waals surface area contributed by atoms with E-state index in [1.807, 2.05) is 6.07 Å². The molecule has 1 heterocycles. The fourth-order valence-electron chi connectivity index (χ4n) is 3.48. The number of furan rings is 1. The predicted molar refractivity (Wildman–Crippen MR) is 81.5 cm³/mol. The zero-order valence-electron chi connectivity index (χ0n) is 13.4. The molecule has 1 aromatic rings. The van der Waals surface area contributed by atoms with Crippen molar-refractivity contribution in [2.45, 2.75) is 66.2 Å². The van der Waals surface area contributed by atoms with Gasteiger partial charge >= 0.3 is 0 Å². The number of hydrogen-bond acceptors (Lipinski definition) is 3. The van der Waals surface area contributed by atoms with Gasteiger partial charge in [0.05, 0.1) is 25.5 Å². The standard InChI is InChI=1S/C17H29NO2/c1-5-18-11-16-14(6-7-19-16)12-20-15-8-13(2)9-17(3,4)10-15/h6-7,13,15,18H,5,8-12H2,1-4H3. The van der Waals surface area contributed by atoms with E-state index >= 15 is 0 Å². The highest BCUT2D eigenvalue weighted by atomic mass is 16.5. The van der Waals surface area contributed by atoms with Crippen molar-refractivity contribution in [3.63, 3.8) is 0 Å². The fraction of sp³-hybridized carbons (Fsp3) is 0.765. The Labute approximate surface area is 123 Å². The van der Waals surface area contributed by atoms with Crippen molar-refractivity contribution in [2.24, 2.45) is 11.3 Å². The summed E-state index contributed by atoms with van der Waals surface area (Å²) in [6.07, 6.45) is 5.81. The quantitative estimate of drug-likeness (QED) is 0.850. The van der Waals surface area contributed by atoms with Crippen molar-refractivity contribution >= 4 is 0 Å². The summed E-state index contributed by atoms with van der Waals surface area (Å²) in [5.41, 5.74) is 1.59. The molecule has 0 spiro atoms. The van der Waals surface area contributed by atoms with E-state index < -0.39 is 0 Å². The van der Waals surface area contributed by atoms with Crippen molar-refractivity contribution in [1.29, 1.82) is 0 Å². The first kappa shape index (κ1) is 15.6. The van der Waals surface area contributed by atoms with Gasteiger partial charge in [-0.2, -0.15) is 0 Å². The number of nitrogens with one attached hydrogen (secondary N) is 1. The smallest absolute Gasteiger partial charge is 0.123 e. The van der Waals surface area contributed by atoms with Gasteiger partial charge in [0.15, 0.2) is 0 Å². The highest BCUT2D eigenvalue weighted by Crippen LogP contribution is 2.39. The molecule has 20 heavy (non-hydrogen) atoms. The number of hydrogen-bond donors (Lipinski definition) is 1.